The van der Waals surface area contributed by atoms with Crippen molar-refractivity contribution in [3.63, 3.8) is 0 Å². The number of H-pyrrole nitrogens is 2. The second kappa shape index (κ2) is 10.9. The summed E-state index contributed by atoms with van der Waals surface area (Å²) in [6.07, 6.45) is 0.685. The number of hydrogen-bond donors (Lipinski definition) is 4. The van der Waals surface area contributed by atoms with Gasteiger partial charge in [-0.3, -0.25) is 19.9 Å². The summed E-state index contributed by atoms with van der Waals surface area (Å²) >= 11 is 0. The van der Waals surface area contributed by atoms with Gasteiger partial charge >= 0.3 is 6.18 Å². The van der Waals surface area contributed by atoms with Crippen LogP contribution in [-0.4, -0.2) is 44.0 Å². The zero-order valence-corrected chi connectivity index (χ0v) is 22.9. The summed E-state index contributed by atoms with van der Waals surface area (Å²) in [6.45, 7) is 1.99. The molecule has 2 aromatic heterocycles. The molecule has 2 atom stereocenters. The van der Waals surface area contributed by atoms with Crippen LogP contribution in [0, 0.1) is 0 Å². The van der Waals surface area contributed by atoms with Crippen LogP contribution in [0.5, 0.6) is 0 Å². The van der Waals surface area contributed by atoms with Crippen LogP contribution in [0.3, 0.4) is 0 Å². The van der Waals surface area contributed by atoms with Crippen LogP contribution in [-0.2, 0) is 29.4 Å². The number of benzene rings is 3. The Morgan fingerprint density at radius 2 is 1.91 bits per heavy atom. The van der Waals surface area contributed by atoms with Gasteiger partial charge in [-0.05, 0) is 47.9 Å². The molecule has 0 fully saturated rings. The highest BCUT2D eigenvalue weighted by Gasteiger charge is 2.33. The van der Waals surface area contributed by atoms with Gasteiger partial charge in [-0.25, -0.2) is 9.97 Å². The average molecular weight is 586 g/mol. The molecular weight excluding hydrogens is 559 g/mol. The first kappa shape index (κ1) is 27.9. The van der Waals surface area contributed by atoms with Crippen molar-refractivity contribution in [1.29, 1.82) is 0 Å². The van der Waals surface area contributed by atoms with Gasteiger partial charge in [0.05, 0.1) is 16.6 Å². The number of nitrogens with one attached hydrogen (secondary N) is 4. The number of anilines is 1. The summed E-state index contributed by atoms with van der Waals surface area (Å²) in [6, 6.07) is 16.4. The number of aromatic nitrogens is 4. The normalized spacial score (nSPS) is 16.9. The Morgan fingerprint density at radius 1 is 1.07 bits per heavy atom. The molecule has 4 N–H and O–H groups in total. The first-order chi connectivity index (χ1) is 20.6. The largest absolute Gasteiger partial charge is 0.416 e. The Kier molecular flexibility index (Phi) is 7.04. The maximum absolute atomic E-state index is 13.4. The fourth-order valence-corrected chi connectivity index (χ4v) is 5.10. The molecule has 3 heterocycles. The summed E-state index contributed by atoms with van der Waals surface area (Å²) in [5, 5.41) is 5.23. The molecule has 3 aromatic carbocycles. The number of carbonyl (C=O) groups excluding carboxylic acids is 2. The van der Waals surface area contributed by atoms with Crippen LogP contribution in [0.1, 0.15) is 45.4 Å². The lowest BCUT2D eigenvalue weighted by atomic mass is 9.88. The number of amides is 2. The number of fused-ring (bicyclic) bond motifs is 2. The number of rotatable bonds is 7. The van der Waals surface area contributed by atoms with Crippen LogP contribution in [0.25, 0.3) is 11.0 Å². The predicted molar refractivity (Wildman–Crippen MR) is 155 cm³/mol. The quantitative estimate of drug-likeness (QED) is 0.210. The SMILES string of the molecule is CC1(c2nc3ccc(C(=O)NC(Cc4cccc(C(F)(F)F)c4)C(=O)Nc4ncc[nH]4)cc3[nH]2)Cc2ccccc2C=N1. The van der Waals surface area contributed by atoms with Crippen LogP contribution in [0.2, 0.25) is 0 Å². The van der Waals surface area contributed by atoms with E-state index < -0.39 is 35.1 Å². The number of aliphatic imine (C=N–C) groups is 1. The summed E-state index contributed by atoms with van der Waals surface area (Å²) in [5.41, 5.74) is 2.45. The maximum atomic E-state index is 13.4. The number of carbonyl (C=O) groups is 2. The van der Waals surface area contributed by atoms with E-state index >= 15 is 0 Å². The Balaban J connectivity index is 1.24. The Bertz CT molecular complexity index is 1850. The third-order valence-corrected chi connectivity index (χ3v) is 7.39. The van der Waals surface area contributed by atoms with Crippen molar-refractivity contribution in [1.82, 2.24) is 25.3 Å². The molecule has 0 aliphatic carbocycles. The Labute approximate surface area is 243 Å². The van der Waals surface area contributed by atoms with E-state index in [0.717, 1.165) is 23.3 Å². The van der Waals surface area contributed by atoms with E-state index in [0.29, 0.717) is 23.3 Å². The average Bonchev–Trinajstić information content (AvgIpc) is 3.66. The molecule has 1 aliphatic rings. The molecule has 218 valence electrons. The van der Waals surface area contributed by atoms with E-state index in [9.17, 15) is 22.8 Å². The maximum Gasteiger partial charge on any atom is 0.416 e. The molecule has 0 spiro atoms. The van der Waals surface area contributed by atoms with Crippen molar-refractivity contribution in [3.05, 3.63) is 113 Å². The Hall–Kier alpha value is -5.26. The summed E-state index contributed by atoms with van der Waals surface area (Å²) in [5.74, 6) is -0.443. The monoisotopic (exact) mass is 585 g/mol. The van der Waals surface area contributed by atoms with Crippen molar-refractivity contribution in [2.45, 2.75) is 37.5 Å². The second-order valence-electron chi connectivity index (χ2n) is 10.6. The lowest BCUT2D eigenvalue weighted by Crippen LogP contribution is -2.45. The van der Waals surface area contributed by atoms with Gasteiger partial charge in [0.2, 0.25) is 11.9 Å². The zero-order valence-electron chi connectivity index (χ0n) is 22.9. The summed E-state index contributed by atoms with van der Waals surface area (Å²) in [7, 11) is 0. The van der Waals surface area contributed by atoms with Crippen LogP contribution >= 0.6 is 0 Å². The van der Waals surface area contributed by atoms with E-state index in [1.807, 2.05) is 31.3 Å². The molecule has 0 saturated carbocycles. The molecule has 12 heteroatoms. The Morgan fingerprint density at radius 3 is 2.70 bits per heavy atom. The van der Waals surface area contributed by atoms with Crippen LogP contribution in [0.4, 0.5) is 19.1 Å². The molecule has 43 heavy (non-hydrogen) atoms. The highest BCUT2D eigenvalue weighted by Crippen LogP contribution is 2.33. The molecule has 0 bridgehead atoms. The number of halogens is 3. The number of imidazole rings is 2. The number of aromatic amines is 2. The first-order valence-electron chi connectivity index (χ1n) is 13.5. The minimum absolute atomic E-state index is 0.140. The van der Waals surface area contributed by atoms with Gasteiger partial charge in [0.25, 0.3) is 5.91 Å². The minimum atomic E-state index is -4.55. The molecule has 1 aliphatic heterocycles. The van der Waals surface area contributed by atoms with Gasteiger partial charge in [-0.2, -0.15) is 13.2 Å². The van der Waals surface area contributed by atoms with E-state index in [2.05, 4.69) is 31.7 Å². The second-order valence-corrected chi connectivity index (χ2v) is 10.6. The van der Waals surface area contributed by atoms with Crippen molar-refractivity contribution >= 4 is 35.0 Å². The van der Waals surface area contributed by atoms with Gasteiger partial charge in [-0.15, -0.1) is 0 Å². The van der Waals surface area contributed by atoms with Gasteiger partial charge in [-0.1, -0.05) is 42.5 Å². The van der Waals surface area contributed by atoms with Gasteiger partial charge in [0.15, 0.2) is 0 Å². The highest BCUT2D eigenvalue weighted by molar-refractivity contribution is 6.02. The molecule has 0 saturated heterocycles. The summed E-state index contributed by atoms with van der Waals surface area (Å²) in [4.78, 5) is 46.0. The van der Waals surface area contributed by atoms with Gasteiger partial charge < -0.3 is 15.3 Å². The molecule has 9 nitrogen and oxygen atoms in total. The van der Waals surface area contributed by atoms with Crippen molar-refractivity contribution < 1.29 is 22.8 Å². The van der Waals surface area contributed by atoms with Crippen LogP contribution in [0.15, 0.2) is 84.1 Å². The predicted octanol–water partition coefficient (Wildman–Crippen LogP) is 5.18. The van der Waals surface area contributed by atoms with Crippen LogP contribution < -0.4 is 10.6 Å². The fraction of sp³-hybridized carbons (Fsp3) is 0.194. The lowest BCUT2D eigenvalue weighted by Gasteiger charge is -2.27. The molecule has 0 radical (unpaired) electrons. The number of hydrogen-bond acceptors (Lipinski definition) is 5. The first-order valence-corrected chi connectivity index (χ1v) is 13.5. The number of alkyl halides is 3. The van der Waals surface area contributed by atoms with Crippen molar-refractivity contribution in [3.8, 4) is 0 Å². The third-order valence-electron chi connectivity index (χ3n) is 7.39. The smallest absolute Gasteiger partial charge is 0.340 e. The third kappa shape index (κ3) is 5.89. The molecule has 2 amide bonds. The topological polar surface area (TPSA) is 128 Å². The van der Waals surface area contributed by atoms with Crippen molar-refractivity contribution in [2.75, 3.05) is 5.32 Å². The van der Waals surface area contributed by atoms with E-state index in [4.69, 9.17) is 9.98 Å². The minimum Gasteiger partial charge on any atom is -0.340 e. The fourth-order valence-electron chi connectivity index (χ4n) is 5.10. The highest BCUT2D eigenvalue weighted by atomic mass is 19.4. The van der Waals surface area contributed by atoms with Gasteiger partial charge in [0.1, 0.15) is 17.4 Å². The van der Waals surface area contributed by atoms with E-state index in [-0.39, 0.29) is 23.5 Å². The van der Waals surface area contributed by atoms with E-state index in [1.54, 1.807) is 18.2 Å². The molecule has 5 aromatic rings. The lowest BCUT2D eigenvalue weighted by molar-refractivity contribution is -0.137. The molecule has 2 unspecified atom stereocenters. The molecular formula is C31H26F3N7O2. The standard InChI is InChI=1S/C31H26F3N7O2/c1-30(16-20-6-2-3-7-21(20)17-37-30)28-39-23-10-9-19(15-24(23)40-28)26(42)38-25(27(43)41-29-35-11-12-36-29)14-18-5-4-8-22(13-18)31(32,33)34/h2-13,15,17,25H,14,16H2,1H3,(H,38,42)(H,39,40)(H2,35,36,41,43). The van der Waals surface area contributed by atoms with E-state index in [1.165, 1.54) is 24.5 Å². The molecule has 6 rings (SSSR count). The number of nitrogens with zero attached hydrogens (tertiary/aromatic N) is 3. The van der Waals surface area contributed by atoms with Gasteiger partial charge in [0, 0.05) is 37.0 Å². The van der Waals surface area contributed by atoms with Crippen molar-refractivity contribution in [2.24, 2.45) is 4.99 Å². The zero-order chi connectivity index (χ0) is 30.2. The summed E-state index contributed by atoms with van der Waals surface area (Å²) < 4.78 is 39.9.